The molecule has 7 rings (SSSR count). The van der Waals surface area contributed by atoms with Gasteiger partial charge in [0.15, 0.2) is 5.82 Å². The van der Waals surface area contributed by atoms with Crippen LogP contribution in [0.2, 0.25) is 10.0 Å². The molecule has 2 saturated heterocycles. The van der Waals surface area contributed by atoms with Crippen LogP contribution in [-0.2, 0) is 36.1 Å². The molecule has 0 spiro atoms. The largest absolute Gasteiger partial charge is 0.496 e. The molecule has 3 aliphatic rings. The number of anilines is 1. The van der Waals surface area contributed by atoms with E-state index in [1.807, 2.05) is 57.8 Å². The van der Waals surface area contributed by atoms with Crippen LogP contribution >= 0.6 is 23.2 Å². The van der Waals surface area contributed by atoms with E-state index in [0.29, 0.717) is 63.6 Å². The number of pyridine rings is 1. The lowest BCUT2D eigenvalue weighted by atomic mass is 10.00. The number of halogens is 2. The van der Waals surface area contributed by atoms with Crippen LogP contribution in [0.5, 0.6) is 5.75 Å². The molecular weight excluding hydrogens is 739 g/mol. The quantitative estimate of drug-likeness (QED) is 0.206. The molecule has 3 aliphatic heterocycles. The van der Waals surface area contributed by atoms with Crippen molar-refractivity contribution in [1.29, 1.82) is 0 Å². The summed E-state index contributed by atoms with van der Waals surface area (Å²) in [6.45, 7) is 8.52. The van der Waals surface area contributed by atoms with Crippen LogP contribution in [0, 0.1) is 0 Å². The topological polar surface area (TPSA) is 125 Å². The number of rotatable bonds is 9. The highest BCUT2D eigenvalue weighted by atomic mass is 35.5. The number of nitrogens with zero attached hydrogens (tertiary/aromatic N) is 6. The molecular formula is C41H48Cl2N8O4. The molecule has 0 atom stereocenters. The number of carbonyl (C=O) groups excluding carboxylic acids is 3. The number of methoxy groups -OCH3 is 1. The van der Waals surface area contributed by atoms with Gasteiger partial charge in [0, 0.05) is 119 Å². The fourth-order valence-electron chi connectivity index (χ4n) is 8.17. The number of ether oxygens (including phenoxy) is 1. The Morgan fingerprint density at radius 1 is 0.891 bits per heavy atom. The molecule has 12 nitrogen and oxygen atoms in total. The molecule has 0 radical (unpaired) electrons. The third-order valence-electron chi connectivity index (χ3n) is 11.4. The minimum Gasteiger partial charge on any atom is -0.496 e. The van der Waals surface area contributed by atoms with E-state index in [-0.39, 0.29) is 17.7 Å². The number of aromatic nitrogens is 3. The van der Waals surface area contributed by atoms with Crippen molar-refractivity contribution in [2.24, 2.45) is 7.05 Å². The Morgan fingerprint density at radius 3 is 2.27 bits per heavy atom. The lowest BCUT2D eigenvalue weighted by molar-refractivity contribution is -0.131. The third kappa shape index (κ3) is 8.23. The summed E-state index contributed by atoms with van der Waals surface area (Å²) in [5.41, 5.74) is 6.14. The molecule has 5 heterocycles. The second-order valence-corrected chi connectivity index (χ2v) is 15.4. The first-order valence-electron chi connectivity index (χ1n) is 19.0. The Hall–Kier alpha value is -4.49. The lowest BCUT2D eigenvalue weighted by Gasteiger charge is -2.39. The van der Waals surface area contributed by atoms with E-state index in [1.54, 1.807) is 33.2 Å². The summed E-state index contributed by atoms with van der Waals surface area (Å²) in [7, 11) is 3.53. The van der Waals surface area contributed by atoms with E-state index in [1.165, 1.54) is 0 Å². The molecule has 2 N–H and O–H groups in total. The minimum absolute atomic E-state index is 0.125. The number of nitrogens with one attached hydrogen (secondary N) is 2. The van der Waals surface area contributed by atoms with Gasteiger partial charge in [-0.2, -0.15) is 0 Å². The molecule has 2 aromatic carbocycles. The Bertz CT molecular complexity index is 2090. The summed E-state index contributed by atoms with van der Waals surface area (Å²) < 4.78 is 7.68. The summed E-state index contributed by atoms with van der Waals surface area (Å²) in [5, 5.41) is 7.40. The van der Waals surface area contributed by atoms with Gasteiger partial charge in [0.2, 0.25) is 11.8 Å². The number of piperidine rings is 2. The second kappa shape index (κ2) is 16.7. The van der Waals surface area contributed by atoms with Crippen molar-refractivity contribution >= 4 is 46.6 Å². The highest BCUT2D eigenvalue weighted by Gasteiger charge is 2.32. The van der Waals surface area contributed by atoms with Gasteiger partial charge < -0.3 is 29.7 Å². The summed E-state index contributed by atoms with van der Waals surface area (Å²) >= 11 is 14.1. The molecule has 0 bridgehead atoms. The minimum atomic E-state index is -0.345. The van der Waals surface area contributed by atoms with Crippen molar-refractivity contribution in [3.05, 3.63) is 81.5 Å². The number of likely N-dealkylation sites (tertiary alicyclic amines) is 2. The number of amides is 3. The number of imidazole rings is 1. The van der Waals surface area contributed by atoms with Crippen molar-refractivity contribution in [1.82, 2.24) is 34.6 Å². The van der Waals surface area contributed by atoms with Gasteiger partial charge in [-0.3, -0.25) is 24.3 Å². The van der Waals surface area contributed by atoms with E-state index in [4.69, 9.17) is 32.9 Å². The van der Waals surface area contributed by atoms with Crippen molar-refractivity contribution in [3.8, 4) is 28.1 Å². The van der Waals surface area contributed by atoms with Crippen molar-refractivity contribution in [3.63, 3.8) is 0 Å². The number of hydrogen-bond donors (Lipinski definition) is 2. The highest BCUT2D eigenvalue weighted by molar-refractivity contribution is 6.39. The standard InChI is InChI=1S/C41H48Cl2N8O4/c1-25(52)49-17-11-29(12-18-49)45-23-28-9-8-27(22-36(28)55-4)39-38(43)32(10-16-44-39)31-6-5-7-33(37(31)42)47-41(54)40-46-34-24-51(21-15-35(34)48(40)3)30-13-19-50(20-14-30)26(2)53/h5-10,16,22,29-30,45H,11-15,17-21,23-24H2,1-4H3,(H,47,54). The number of carbonyl (C=O) groups is 3. The number of benzene rings is 2. The van der Waals surface area contributed by atoms with Gasteiger partial charge in [0.1, 0.15) is 5.75 Å². The summed E-state index contributed by atoms with van der Waals surface area (Å²) in [4.78, 5) is 52.9. The Balaban J connectivity index is 1.04. The van der Waals surface area contributed by atoms with E-state index in [2.05, 4.69) is 20.5 Å². The van der Waals surface area contributed by atoms with Crippen LogP contribution in [0.4, 0.5) is 5.69 Å². The third-order valence-corrected chi connectivity index (χ3v) is 12.2. The zero-order valence-electron chi connectivity index (χ0n) is 31.8. The second-order valence-electron chi connectivity index (χ2n) is 14.7. The molecule has 0 aliphatic carbocycles. The molecule has 2 fully saturated rings. The fraction of sp³-hybridized carbons (Fsp3) is 0.439. The van der Waals surface area contributed by atoms with Crippen LogP contribution in [0.25, 0.3) is 22.4 Å². The van der Waals surface area contributed by atoms with Crippen LogP contribution < -0.4 is 15.4 Å². The van der Waals surface area contributed by atoms with Gasteiger partial charge in [0.25, 0.3) is 5.91 Å². The van der Waals surface area contributed by atoms with Gasteiger partial charge in [-0.1, -0.05) is 47.5 Å². The van der Waals surface area contributed by atoms with Crippen LogP contribution in [0.1, 0.15) is 67.1 Å². The molecule has 0 unspecified atom stereocenters. The van der Waals surface area contributed by atoms with Gasteiger partial charge in [0.05, 0.1) is 34.2 Å². The van der Waals surface area contributed by atoms with Gasteiger partial charge in [-0.05, 0) is 43.9 Å². The molecule has 55 heavy (non-hydrogen) atoms. The van der Waals surface area contributed by atoms with Crippen molar-refractivity contribution in [2.45, 2.75) is 71.1 Å². The van der Waals surface area contributed by atoms with Gasteiger partial charge in [-0.25, -0.2) is 4.98 Å². The first-order chi connectivity index (χ1) is 26.5. The van der Waals surface area contributed by atoms with Crippen molar-refractivity contribution in [2.75, 3.05) is 45.2 Å². The lowest BCUT2D eigenvalue weighted by Crippen LogP contribution is -2.47. The summed E-state index contributed by atoms with van der Waals surface area (Å²) in [6.07, 6.45) is 6.20. The monoisotopic (exact) mass is 786 g/mol. The number of hydrogen-bond acceptors (Lipinski definition) is 8. The Labute approximate surface area is 332 Å². The smallest absolute Gasteiger partial charge is 0.291 e. The number of fused-ring (bicyclic) bond motifs is 1. The molecule has 4 aromatic rings. The maximum Gasteiger partial charge on any atom is 0.291 e. The Kier molecular flexibility index (Phi) is 11.8. The molecule has 0 saturated carbocycles. The van der Waals surface area contributed by atoms with Crippen LogP contribution in [-0.4, -0.2) is 98.9 Å². The first-order valence-corrected chi connectivity index (χ1v) is 19.7. The summed E-state index contributed by atoms with van der Waals surface area (Å²) in [5.74, 6) is 0.958. The maximum atomic E-state index is 13.7. The van der Waals surface area contributed by atoms with E-state index < -0.39 is 0 Å². The van der Waals surface area contributed by atoms with E-state index >= 15 is 0 Å². The molecule has 2 aromatic heterocycles. The van der Waals surface area contributed by atoms with Crippen LogP contribution in [0.15, 0.2) is 48.7 Å². The first kappa shape index (κ1) is 38.8. The Morgan fingerprint density at radius 2 is 1.58 bits per heavy atom. The average Bonchev–Trinajstić information content (AvgIpc) is 3.53. The van der Waals surface area contributed by atoms with Gasteiger partial charge in [-0.15, -0.1) is 0 Å². The predicted octanol–water partition coefficient (Wildman–Crippen LogP) is 6.19. The molecule has 290 valence electrons. The molecule has 3 amide bonds. The highest BCUT2D eigenvalue weighted by Crippen LogP contribution is 2.41. The molecule has 14 heteroatoms. The fourth-order valence-corrected chi connectivity index (χ4v) is 8.77. The van der Waals surface area contributed by atoms with Gasteiger partial charge >= 0.3 is 0 Å². The summed E-state index contributed by atoms with van der Waals surface area (Å²) in [6, 6.07) is 13.9. The average molecular weight is 788 g/mol. The zero-order valence-corrected chi connectivity index (χ0v) is 33.3. The SMILES string of the molecule is COc1cc(-c2nccc(-c3cccc(NC(=O)c4nc5c(n4C)CCN(C4CCN(C(C)=O)CC4)C5)c3Cl)c2Cl)ccc1CNC1CCN(C(C)=O)CC1. The van der Waals surface area contributed by atoms with E-state index in [9.17, 15) is 14.4 Å². The maximum absolute atomic E-state index is 13.7. The van der Waals surface area contributed by atoms with Crippen LogP contribution in [0.3, 0.4) is 0 Å². The predicted molar refractivity (Wildman–Crippen MR) is 214 cm³/mol. The zero-order chi connectivity index (χ0) is 38.8. The van der Waals surface area contributed by atoms with E-state index in [0.717, 1.165) is 93.1 Å². The van der Waals surface area contributed by atoms with Crippen molar-refractivity contribution < 1.29 is 19.1 Å². The normalized spacial score (nSPS) is 16.9.